The van der Waals surface area contributed by atoms with Crippen LogP contribution in [0.2, 0.25) is 0 Å². The van der Waals surface area contributed by atoms with E-state index in [-0.39, 0.29) is 12.0 Å². The van der Waals surface area contributed by atoms with E-state index in [0.717, 1.165) is 30.1 Å². The van der Waals surface area contributed by atoms with Gasteiger partial charge in [-0.15, -0.1) is 5.10 Å². The van der Waals surface area contributed by atoms with Crippen LogP contribution in [0.15, 0.2) is 22.8 Å². The van der Waals surface area contributed by atoms with Crippen LogP contribution >= 0.6 is 11.5 Å². The minimum atomic E-state index is -0.301. The summed E-state index contributed by atoms with van der Waals surface area (Å²) in [6.45, 7) is 2.38. The number of carbonyl (C=O) groups excluding carboxylic acids is 1. The van der Waals surface area contributed by atoms with Crippen molar-refractivity contribution in [2.24, 2.45) is 0 Å². The molecule has 6 nitrogen and oxygen atoms in total. The first-order valence-electron chi connectivity index (χ1n) is 6.41. The molecule has 2 heterocycles. The minimum absolute atomic E-state index is 0.169. The van der Waals surface area contributed by atoms with E-state index in [9.17, 15) is 4.79 Å². The quantitative estimate of drug-likeness (QED) is 0.847. The van der Waals surface area contributed by atoms with Crippen molar-refractivity contribution in [1.29, 1.82) is 0 Å². The lowest BCUT2D eigenvalue weighted by molar-refractivity contribution is 0.0740. The normalized spacial score (nSPS) is 12.3. The molecule has 1 atom stereocenters. The first-order valence-corrected chi connectivity index (χ1v) is 7.19. The van der Waals surface area contributed by atoms with Crippen molar-refractivity contribution in [3.8, 4) is 0 Å². The number of ether oxygens (including phenoxy) is 1. The number of furan rings is 1. The first kappa shape index (κ1) is 14.7. The van der Waals surface area contributed by atoms with Crippen LogP contribution < -0.4 is 5.32 Å². The Morgan fingerprint density at radius 3 is 3.10 bits per heavy atom. The Morgan fingerprint density at radius 2 is 2.45 bits per heavy atom. The smallest absolute Gasteiger partial charge is 0.265 e. The molecule has 0 spiro atoms. The molecule has 2 rings (SSSR count). The molecular formula is C13H17N3O3S. The molecule has 2 aromatic rings. The van der Waals surface area contributed by atoms with Crippen LogP contribution in [0.3, 0.4) is 0 Å². The maximum atomic E-state index is 12.1. The second kappa shape index (κ2) is 7.16. The number of aryl methyl sites for hydroxylation is 1. The standard InChI is InChI=1S/C13H17N3O3S/c1-3-5-9-12(20-16-15-9)13(17)14-8-11(18-2)10-6-4-7-19-10/h4,6-7,11H,3,5,8H2,1-2H3,(H,14,17)/t11-/m0/s1. The number of amides is 1. The first-order chi connectivity index (χ1) is 9.76. The highest BCUT2D eigenvalue weighted by Crippen LogP contribution is 2.17. The summed E-state index contributed by atoms with van der Waals surface area (Å²) in [7, 11) is 1.58. The fraction of sp³-hybridized carbons (Fsp3) is 0.462. The third kappa shape index (κ3) is 3.43. The molecule has 0 aliphatic carbocycles. The van der Waals surface area contributed by atoms with Gasteiger partial charge in [0.2, 0.25) is 0 Å². The van der Waals surface area contributed by atoms with E-state index in [1.165, 1.54) is 0 Å². The Morgan fingerprint density at radius 1 is 1.60 bits per heavy atom. The highest BCUT2D eigenvalue weighted by Gasteiger charge is 2.19. The molecule has 0 aliphatic rings. The van der Waals surface area contributed by atoms with Gasteiger partial charge in [0.1, 0.15) is 16.7 Å². The van der Waals surface area contributed by atoms with Crippen LogP contribution in [0, 0.1) is 0 Å². The zero-order valence-corrected chi connectivity index (χ0v) is 12.3. The molecule has 108 valence electrons. The predicted octanol–water partition coefficient (Wildman–Crippen LogP) is 2.20. The van der Waals surface area contributed by atoms with E-state index < -0.39 is 0 Å². The van der Waals surface area contributed by atoms with E-state index in [4.69, 9.17) is 9.15 Å². The van der Waals surface area contributed by atoms with Crippen molar-refractivity contribution < 1.29 is 13.9 Å². The Labute approximate surface area is 121 Å². The zero-order valence-electron chi connectivity index (χ0n) is 11.5. The van der Waals surface area contributed by atoms with E-state index in [2.05, 4.69) is 14.9 Å². The number of hydrogen-bond acceptors (Lipinski definition) is 6. The van der Waals surface area contributed by atoms with Gasteiger partial charge in [-0.1, -0.05) is 17.8 Å². The van der Waals surface area contributed by atoms with Gasteiger partial charge in [-0.3, -0.25) is 4.79 Å². The molecular weight excluding hydrogens is 278 g/mol. The zero-order chi connectivity index (χ0) is 14.4. The lowest BCUT2D eigenvalue weighted by Crippen LogP contribution is -2.29. The van der Waals surface area contributed by atoms with Gasteiger partial charge in [-0.2, -0.15) is 0 Å². The molecule has 0 bridgehead atoms. The average molecular weight is 295 g/mol. The van der Waals surface area contributed by atoms with E-state index in [1.54, 1.807) is 19.4 Å². The molecule has 0 fully saturated rings. The van der Waals surface area contributed by atoms with Crippen molar-refractivity contribution >= 4 is 17.4 Å². The van der Waals surface area contributed by atoms with E-state index >= 15 is 0 Å². The fourth-order valence-corrected chi connectivity index (χ4v) is 2.45. The second-order valence-electron chi connectivity index (χ2n) is 4.25. The summed E-state index contributed by atoms with van der Waals surface area (Å²) in [6.07, 6.45) is 2.96. The summed E-state index contributed by atoms with van der Waals surface area (Å²) >= 11 is 1.12. The maximum Gasteiger partial charge on any atom is 0.265 e. The van der Waals surface area contributed by atoms with Gasteiger partial charge in [-0.05, 0) is 30.1 Å². The van der Waals surface area contributed by atoms with Crippen molar-refractivity contribution in [2.75, 3.05) is 13.7 Å². The molecule has 0 aliphatic heterocycles. The van der Waals surface area contributed by atoms with Gasteiger partial charge in [0, 0.05) is 7.11 Å². The number of carbonyl (C=O) groups is 1. The number of nitrogens with one attached hydrogen (secondary N) is 1. The van der Waals surface area contributed by atoms with Crippen molar-refractivity contribution in [3.05, 3.63) is 34.7 Å². The third-order valence-corrected chi connectivity index (χ3v) is 3.61. The lowest BCUT2D eigenvalue weighted by Gasteiger charge is -2.13. The van der Waals surface area contributed by atoms with Crippen LogP contribution in [0.5, 0.6) is 0 Å². The van der Waals surface area contributed by atoms with Gasteiger partial charge >= 0.3 is 0 Å². The molecule has 7 heteroatoms. The Hall–Kier alpha value is -1.73. The van der Waals surface area contributed by atoms with Crippen LogP contribution in [0.25, 0.3) is 0 Å². The lowest BCUT2D eigenvalue weighted by atomic mass is 10.2. The molecule has 0 saturated heterocycles. The molecule has 0 aromatic carbocycles. The summed E-state index contributed by atoms with van der Waals surface area (Å²) in [5.74, 6) is 0.515. The monoisotopic (exact) mass is 295 g/mol. The van der Waals surface area contributed by atoms with Gasteiger partial charge in [-0.25, -0.2) is 0 Å². The average Bonchev–Trinajstić information content (AvgIpc) is 3.11. The minimum Gasteiger partial charge on any atom is -0.467 e. The second-order valence-corrected chi connectivity index (χ2v) is 5.00. The fourth-order valence-electron chi connectivity index (χ4n) is 1.82. The topological polar surface area (TPSA) is 77.2 Å². The Balaban J connectivity index is 1.96. The highest BCUT2D eigenvalue weighted by atomic mass is 32.1. The molecule has 1 N–H and O–H groups in total. The van der Waals surface area contributed by atoms with E-state index in [1.807, 2.05) is 13.0 Å². The number of nitrogens with zero attached hydrogens (tertiary/aromatic N) is 2. The largest absolute Gasteiger partial charge is 0.467 e. The van der Waals surface area contributed by atoms with Gasteiger partial charge in [0.25, 0.3) is 5.91 Å². The number of rotatable bonds is 7. The Bertz CT molecular complexity index is 539. The summed E-state index contributed by atoms with van der Waals surface area (Å²) in [4.78, 5) is 12.7. The number of hydrogen-bond donors (Lipinski definition) is 1. The highest BCUT2D eigenvalue weighted by molar-refractivity contribution is 7.08. The van der Waals surface area contributed by atoms with Gasteiger partial charge < -0.3 is 14.5 Å². The van der Waals surface area contributed by atoms with Crippen molar-refractivity contribution in [1.82, 2.24) is 14.9 Å². The predicted molar refractivity (Wildman–Crippen MR) is 74.7 cm³/mol. The van der Waals surface area contributed by atoms with Crippen LogP contribution in [-0.4, -0.2) is 29.1 Å². The summed E-state index contributed by atoms with van der Waals surface area (Å²) < 4.78 is 14.4. The van der Waals surface area contributed by atoms with Gasteiger partial charge in [0.15, 0.2) is 0 Å². The summed E-state index contributed by atoms with van der Waals surface area (Å²) in [6, 6.07) is 3.60. The SMILES string of the molecule is CCCc1nnsc1C(=O)NC[C@H](OC)c1ccco1. The van der Waals surface area contributed by atoms with Crippen LogP contribution in [0.4, 0.5) is 0 Å². The van der Waals surface area contributed by atoms with Crippen molar-refractivity contribution in [3.63, 3.8) is 0 Å². The third-order valence-electron chi connectivity index (χ3n) is 2.84. The van der Waals surface area contributed by atoms with Gasteiger partial charge in [0.05, 0.1) is 18.5 Å². The van der Waals surface area contributed by atoms with Crippen LogP contribution in [0.1, 0.15) is 40.6 Å². The molecule has 0 unspecified atom stereocenters. The number of aromatic nitrogens is 2. The molecule has 2 aromatic heterocycles. The van der Waals surface area contributed by atoms with Crippen molar-refractivity contribution in [2.45, 2.75) is 25.9 Å². The van der Waals surface area contributed by atoms with E-state index in [0.29, 0.717) is 17.2 Å². The number of methoxy groups -OCH3 is 1. The van der Waals surface area contributed by atoms with Crippen LogP contribution in [-0.2, 0) is 11.2 Å². The molecule has 0 radical (unpaired) electrons. The molecule has 0 saturated carbocycles. The Kier molecular flexibility index (Phi) is 5.25. The molecule has 1 amide bonds. The molecule has 20 heavy (non-hydrogen) atoms. The maximum absolute atomic E-state index is 12.1. The summed E-state index contributed by atoms with van der Waals surface area (Å²) in [5.41, 5.74) is 0.752. The summed E-state index contributed by atoms with van der Waals surface area (Å²) in [5, 5.41) is 6.81.